The third-order valence-corrected chi connectivity index (χ3v) is 14.5. The molecule has 0 atom stereocenters. The second-order valence-electron chi connectivity index (χ2n) is 18.4. The molecule has 0 spiro atoms. The molecule has 1 aromatic heterocycles. The molecule has 312 valence electrons. The molecule has 0 unspecified atom stereocenters. The maximum Gasteiger partial charge on any atom is 0.159 e. The van der Waals surface area contributed by atoms with E-state index in [4.69, 9.17) is 4.42 Å². The Kier molecular flexibility index (Phi) is 8.51. The lowest BCUT2D eigenvalue weighted by Crippen LogP contribution is -2.28. The maximum absolute atomic E-state index is 7.60. The first-order chi connectivity index (χ1) is 32.5. The summed E-state index contributed by atoms with van der Waals surface area (Å²) in [6.07, 6.45) is 0. The quantitative estimate of drug-likeness (QED) is 0.159. The lowest BCUT2D eigenvalue weighted by atomic mass is 9.67. The number of furan rings is 1. The Hall–Kier alpha value is -8.20. The van der Waals surface area contributed by atoms with Crippen molar-refractivity contribution in [2.24, 2.45) is 0 Å². The van der Waals surface area contributed by atoms with E-state index in [9.17, 15) is 0 Å². The first-order valence-corrected chi connectivity index (χ1v) is 23.0. The fourth-order valence-corrected chi connectivity index (χ4v) is 11.6. The van der Waals surface area contributed by atoms with Crippen molar-refractivity contribution in [1.82, 2.24) is 0 Å². The Morgan fingerprint density at radius 3 is 1.44 bits per heavy atom. The van der Waals surface area contributed by atoms with Crippen LogP contribution in [0.25, 0.3) is 66.4 Å². The van der Waals surface area contributed by atoms with Crippen LogP contribution in [0.5, 0.6) is 0 Å². The van der Waals surface area contributed by atoms with Gasteiger partial charge in [0, 0.05) is 33.1 Å². The van der Waals surface area contributed by atoms with E-state index in [2.05, 4.69) is 255 Å². The van der Waals surface area contributed by atoms with Crippen LogP contribution < -0.4 is 4.90 Å². The lowest BCUT2D eigenvalue weighted by Gasteiger charge is -2.33. The van der Waals surface area contributed by atoms with Crippen molar-refractivity contribution in [2.75, 3.05) is 4.90 Å². The third kappa shape index (κ3) is 5.55. The molecule has 2 nitrogen and oxygen atoms in total. The summed E-state index contributed by atoms with van der Waals surface area (Å²) in [5.74, 6) is 0. The molecule has 13 rings (SSSR count). The second kappa shape index (κ2) is 14.7. The van der Waals surface area contributed by atoms with Crippen LogP contribution in [0.2, 0.25) is 0 Å². The van der Waals surface area contributed by atoms with Crippen LogP contribution in [0.15, 0.2) is 241 Å². The van der Waals surface area contributed by atoms with Gasteiger partial charge in [0.05, 0.1) is 11.1 Å². The molecule has 0 aliphatic heterocycles. The molecule has 0 fully saturated rings. The normalized spacial score (nSPS) is 13.8. The van der Waals surface area contributed by atoms with E-state index in [1.807, 2.05) is 0 Å². The standard InChI is InChI=1S/C64H45NO/c1-63(2)55-31-15-12-26-49(55)52-37-36-47(41-59(52)63)65(48-39-44(42-20-6-3-7-21-42)38-45(40-48)43-22-8-4-9-23-43)60-35-19-30-54-53-29-18-34-58(61(53)66-62(54)60)64(46-24-10-5-11-25-46)56-32-16-13-27-50(56)51-28-14-17-33-57(51)64/h3-41H,1-2H3. The molecule has 0 radical (unpaired) electrons. The smallest absolute Gasteiger partial charge is 0.159 e. The highest BCUT2D eigenvalue weighted by Crippen LogP contribution is 2.58. The average molecular weight is 844 g/mol. The average Bonchev–Trinajstić information content (AvgIpc) is 3.99. The van der Waals surface area contributed by atoms with Crippen LogP contribution >= 0.6 is 0 Å². The Morgan fingerprint density at radius 2 is 0.818 bits per heavy atom. The molecule has 66 heavy (non-hydrogen) atoms. The van der Waals surface area contributed by atoms with Gasteiger partial charge < -0.3 is 9.32 Å². The van der Waals surface area contributed by atoms with E-state index in [1.54, 1.807) is 0 Å². The molecule has 2 heteroatoms. The van der Waals surface area contributed by atoms with E-state index in [0.717, 1.165) is 66.8 Å². The van der Waals surface area contributed by atoms with Gasteiger partial charge in [-0.05, 0) is 109 Å². The lowest BCUT2D eigenvalue weighted by molar-refractivity contribution is 0.648. The highest BCUT2D eigenvalue weighted by molar-refractivity contribution is 6.12. The van der Waals surface area contributed by atoms with Crippen molar-refractivity contribution in [3.8, 4) is 44.5 Å². The summed E-state index contributed by atoms with van der Waals surface area (Å²) in [5.41, 5.74) is 21.3. The second-order valence-corrected chi connectivity index (χ2v) is 18.4. The van der Waals surface area contributed by atoms with Crippen molar-refractivity contribution in [2.45, 2.75) is 24.7 Å². The molecule has 0 N–H and O–H groups in total. The molecule has 2 aliphatic carbocycles. The highest BCUT2D eigenvalue weighted by Gasteiger charge is 2.47. The van der Waals surface area contributed by atoms with Crippen LogP contribution in [0, 0.1) is 0 Å². The van der Waals surface area contributed by atoms with Crippen LogP contribution in [0.4, 0.5) is 17.1 Å². The summed E-state index contributed by atoms with van der Waals surface area (Å²) in [6.45, 7) is 4.72. The Morgan fingerprint density at radius 1 is 0.333 bits per heavy atom. The first-order valence-electron chi connectivity index (χ1n) is 23.0. The van der Waals surface area contributed by atoms with E-state index in [-0.39, 0.29) is 5.41 Å². The van der Waals surface area contributed by atoms with E-state index >= 15 is 0 Å². The van der Waals surface area contributed by atoms with Gasteiger partial charge in [0.15, 0.2) is 5.58 Å². The topological polar surface area (TPSA) is 16.4 Å². The van der Waals surface area contributed by atoms with Gasteiger partial charge in [0.2, 0.25) is 0 Å². The predicted octanol–water partition coefficient (Wildman–Crippen LogP) is 17.1. The number of anilines is 3. The van der Waals surface area contributed by atoms with Gasteiger partial charge in [-0.25, -0.2) is 0 Å². The Balaban J connectivity index is 1.10. The van der Waals surface area contributed by atoms with Gasteiger partial charge in [-0.3, -0.25) is 0 Å². The molecule has 2 aliphatic rings. The minimum atomic E-state index is -0.614. The highest BCUT2D eigenvalue weighted by atomic mass is 16.3. The summed E-state index contributed by atoms with van der Waals surface area (Å²) in [6, 6.07) is 86.8. The molecule has 0 saturated heterocycles. The summed E-state index contributed by atoms with van der Waals surface area (Å²) < 4.78 is 7.60. The van der Waals surface area contributed by atoms with Crippen LogP contribution in [-0.4, -0.2) is 0 Å². The summed E-state index contributed by atoms with van der Waals surface area (Å²) in [5, 5.41) is 2.17. The summed E-state index contributed by atoms with van der Waals surface area (Å²) in [4.78, 5) is 2.44. The van der Waals surface area contributed by atoms with Gasteiger partial charge in [0.25, 0.3) is 0 Å². The Labute approximate surface area is 385 Å². The van der Waals surface area contributed by atoms with E-state index < -0.39 is 5.41 Å². The number of fused-ring (bicyclic) bond motifs is 9. The molecule has 0 amide bonds. The van der Waals surface area contributed by atoms with E-state index in [0.29, 0.717) is 0 Å². The molecular weight excluding hydrogens is 799 g/mol. The van der Waals surface area contributed by atoms with Gasteiger partial charge in [-0.2, -0.15) is 0 Å². The van der Waals surface area contributed by atoms with Crippen molar-refractivity contribution in [3.63, 3.8) is 0 Å². The SMILES string of the molecule is CC1(C)c2ccccc2-c2ccc(N(c3cc(-c4ccccc4)cc(-c4ccccc4)c3)c3cccc4c3oc3c(C5(c6ccccc6)c6ccccc6-c6ccccc65)cccc34)cc21. The van der Waals surface area contributed by atoms with Gasteiger partial charge >= 0.3 is 0 Å². The van der Waals surface area contributed by atoms with Crippen LogP contribution in [0.1, 0.15) is 47.2 Å². The zero-order valence-electron chi connectivity index (χ0n) is 36.9. The zero-order valence-corrected chi connectivity index (χ0v) is 36.9. The monoisotopic (exact) mass is 843 g/mol. The number of para-hydroxylation sites is 2. The van der Waals surface area contributed by atoms with Crippen LogP contribution in [0.3, 0.4) is 0 Å². The van der Waals surface area contributed by atoms with Crippen LogP contribution in [-0.2, 0) is 10.8 Å². The first kappa shape index (κ1) is 38.3. The van der Waals surface area contributed by atoms with Gasteiger partial charge in [-0.1, -0.05) is 214 Å². The largest absolute Gasteiger partial charge is 0.453 e. The number of hydrogen-bond acceptors (Lipinski definition) is 2. The molecule has 0 saturated carbocycles. The minimum Gasteiger partial charge on any atom is -0.453 e. The fraction of sp³-hybridized carbons (Fsp3) is 0.0625. The van der Waals surface area contributed by atoms with Gasteiger partial charge in [0.1, 0.15) is 5.58 Å². The summed E-state index contributed by atoms with van der Waals surface area (Å²) in [7, 11) is 0. The third-order valence-electron chi connectivity index (χ3n) is 14.5. The summed E-state index contributed by atoms with van der Waals surface area (Å²) >= 11 is 0. The van der Waals surface area contributed by atoms with E-state index in [1.165, 1.54) is 50.1 Å². The number of hydrogen-bond donors (Lipinski definition) is 0. The number of nitrogens with zero attached hydrogens (tertiary/aromatic N) is 1. The Bertz CT molecular complexity index is 3570. The zero-order chi connectivity index (χ0) is 44.0. The molecule has 1 heterocycles. The molecule has 0 bridgehead atoms. The number of rotatable bonds is 7. The van der Waals surface area contributed by atoms with Crippen molar-refractivity contribution >= 4 is 39.0 Å². The van der Waals surface area contributed by atoms with Gasteiger partial charge in [-0.15, -0.1) is 0 Å². The van der Waals surface area contributed by atoms with Crippen molar-refractivity contribution in [1.29, 1.82) is 0 Å². The number of benzene rings is 10. The fourth-order valence-electron chi connectivity index (χ4n) is 11.6. The van der Waals surface area contributed by atoms with Crippen molar-refractivity contribution in [3.05, 3.63) is 270 Å². The maximum atomic E-state index is 7.60. The van der Waals surface area contributed by atoms with Crippen molar-refractivity contribution < 1.29 is 4.42 Å². The molecule has 11 aromatic rings. The predicted molar refractivity (Wildman–Crippen MR) is 274 cm³/mol. The minimum absolute atomic E-state index is 0.186. The molecular formula is C64H45NO. The molecule has 10 aromatic carbocycles.